The lowest BCUT2D eigenvalue weighted by molar-refractivity contribution is -0.384. The smallest absolute Gasteiger partial charge is 0.370 e. The molecule has 0 aromatic carbocycles. The minimum atomic E-state index is -4.72. The van der Waals surface area contributed by atoms with Crippen molar-refractivity contribution in [1.29, 1.82) is 0 Å². The summed E-state index contributed by atoms with van der Waals surface area (Å²) in [5, 5.41) is 15.4. The van der Waals surface area contributed by atoms with Gasteiger partial charge in [0.2, 0.25) is 5.91 Å². The molecule has 0 aliphatic rings. The van der Waals surface area contributed by atoms with Crippen LogP contribution in [0.4, 0.5) is 24.5 Å². The van der Waals surface area contributed by atoms with Crippen LogP contribution in [-0.4, -0.2) is 28.9 Å². The number of anilines is 1. The monoisotopic (exact) mass is 292 g/mol. The lowest BCUT2D eigenvalue weighted by atomic mass is 10.2. The number of alkyl halides is 3. The van der Waals surface area contributed by atoms with Crippen LogP contribution in [0.5, 0.6) is 0 Å². The van der Waals surface area contributed by atoms with Gasteiger partial charge in [-0.3, -0.25) is 14.9 Å². The van der Waals surface area contributed by atoms with Crippen molar-refractivity contribution in [2.45, 2.75) is 13.1 Å². The van der Waals surface area contributed by atoms with E-state index in [1.54, 1.807) is 6.92 Å². The number of carbonyl (C=O) groups excluding carboxylic acids is 1. The van der Waals surface area contributed by atoms with E-state index in [2.05, 4.69) is 15.6 Å². The van der Waals surface area contributed by atoms with Gasteiger partial charge in [-0.05, 0) is 13.0 Å². The third kappa shape index (κ3) is 4.07. The van der Waals surface area contributed by atoms with Crippen LogP contribution in [0.25, 0.3) is 0 Å². The highest BCUT2D eigenvalue weighted by atomic mass is 19.4. The zero-order valence-corrected chi connectivity index (χ0v) is 10.3. The Morgan fingerprint density at radius 2 is 2.15 bits per heavy atom. The molecule has 0 saturated carbocycles. The molecular formula is C10H11F3N4O3. The largest absolute Gasteiger partial charge is 0.433 e. The molecule has 0 radical (unpaired) electrons. The number of likely N-dealkylation sites (N-methyl/N-ethyl adjacent to an activating group) is 1. The summed E-state index contributed by atoms with van der Waals surface area (Å²) in [5.41, 5.74) is -2.33. The molecule has 110 valence electrons. The minimum Gasteiger partial charge on any atom is -0.370 e. The Kier molecular flexibility index (Phi) is 4.83. The Morgan fingerprint density at radius 3 is 2.65 bits per heavy atom. The van der Waals surface area contributed by atoms with Crippen molar-refractivity contribution in [1.82, 2.24) is 10.3 Å². The van der Waals surface area contributed by atoms with Crippen LogP contribution in [0.3, 0.4) is 0 Å². The highest BCUT2D eigenvalue weighted by Crippen LogP contribution is 2.32. The Hall–Kier alpha value is -2.39. The molecule has 1 aromatic heterocycles. The molecule has 0 aliphatic carbocycles. The molecule has 0 spiro atoms. The first-order chi connectivity index (χ1) is 9.25. The number of nitrogens with zero attached hydrogens (tertiary/aromatic N) is 2. The summed E-state index contributed by atoms with van der Waals surface area (Å²) in [5.74, 6) is -0.493. The maximum Gasteiger partial charge on any atom is 0.433 e. The Labute approximate surface area is 111 Å². The van der Waals surface area contributed by atoms with Crippen LogP contribution >= 0.6 is 0 Å². The van der Waals surface area contributed by atoms with E-state index in [0.29, 0.717) is 18.8 Å². The van der Waals surface area contributed by atoms with E-state index in [9.17, 15) is 28.1 Å². The molecule has 1 rings (SSSR count). The van der Waals surface area contributed by atoms with Crippen LogP contribution in [-0.2, 0) is 11.0 Å². The van der Waals surface area contributed by atoms with Gasteiger partial charge in [0.05, 0.1) is 11.5 Å². The first-order valence-electron chi connectivity index (χ1n) is 5.48. The number of rotatable bonds is 5. The van der Waals surface area contributed by atoms with Crippen LogP contribution in [0, 0.1) is 10.1 Å². The van der Waals surface area contributed by atoms with Gasteiger partial charge in [-0.2, -0.15) is 13.2 Å². The standard InChI is InChI=1S/C10H11F3N4O3/c1-2-14-9(18)5-15-6-3-8(10(11,12)13)16-4-7(6)17(19)20/h3-4H,2,5H2,1H3,(H,14,18)(H,15,16). The van der Waals surface area contributed by atoms with Crippen molar-refractivity contribution in [3.63, 3.8) is 0 Å². The summed E-state index contributed by atoms with van der Waals surface area (Å²) in [4.78, 5) is 24.0. The van der Waals surface area contributed by atoms with Gasteiger partial charge in [0.25, 0.3) is 0 Å². The Bertz CT molecular complexity index is 519. The van der Waals surface area contributed by atoms with Gasteiger partial charge in [0.1, 0.15) is 17.6 Å². The third-order valence-corrected chi connectivity index (χ3v) is 2.18. The first kappa shape index (κ1) is 15.7. The average molecular weight is 292 g/mol. The molecule has 0 saturated heterocycles. The number of hydrogen-bond acceptors (Lipinski definition) is 5. The predicted molar refractivity (Wildman–Crippen MR) is 63.1 cm³/mol. The summed E-state index contributed by atoms with van der Waals surface area (Å²) < 4.78 is 37.4. The van der Waals surface area contributed by atoms with E-state index in [1.165, 1.54) is 0 Å². The van der Waals surface area contributed by atoms with Crippen LogP contribution in [0.1, 0.15) is 12.6 Å². The van der Waals surface area contributed by atoms with E-state index in [-0.39, 0.29) is 6.54 Å². The fourth-order valence-electron chi connectivity index (χ4n) is 1.33. The second-order valence-electron chi connectivity index (χ2n) is 3.65. The van der Waals surface area contributed by atoms with Crippen molar-refractivity contribution >= 4 is 17.3 Å². The summed E-state index contributed by atoms with van der Waals surface area (Å²) in [6.45, 7) is 1.62. The Balaban J connectivity index is 3.01. The number of pyridine rings is 1. The zero-order chi connectivity index (χ0) is 15.3. The summed E-state index contributed by atoms with van der Waals surface area (Å²) in [6.07, 6.45) is -4.22. The van der Waals surface area contributed by atoms with E-state index < -0.39 is 34.1 Å². The maximum atomic E-state index is 12.5. The summed E-state index contributed by atoms with van der Waals surface area (Å²) >= 11 is 0. The van der Waals surface area contributed by atoms with Crippen molar-refractivity contribution in [2.24, 2.45) is 0 Å². The lowest BCUT2D eigenvalue weighted by Gasteiger charge is -2.10. The zero-order valence-electron chi connectivity index (χ0n) is 10.3. The molecule has 1 aromatic rings. The van der Waals surface area contributed by atoms with E-state index >= 15 is 0 Å². The molecule has 20 heavy (non-hydrogen) atoms. The van der Waals surface area contributed by atoms with Gasteiger partial charge in [-0.15, -0.1) is 0 Å². The van der Waals surface area contributed by atoms with Crippen molar-refractivity contribution in [3.05, 3.63) is 28.1 Å². The molecule has 0 aliphatic heterocycles. The molecule has 0 unspecified atom stereocenters. The molecule has 2 N–H and O–H groups in total. The summed E-state index contributed by atoms with van der Waals surface area (Å²) in [7, 11) is 0. The quantitative estimate of drug-likeness (QED) is 0.634. The Morgan fingerprint density at radius 1 is 1.50 bits per heavy atom. The maximum absolute atomic E-state index is 12.5. The van der Waals surface area contributed by atoms with Crippen molar-refractivity contribution in [2.75, 3.05) is 18.4 Å². The van der Waals surface area contributed by atoms with Gasteiger partial charge >= 0.3 is 11.9 Å². The van der Waals surface area contributed by atoms with Crippen molar-refractivity contribution < 1.29 is 22.9 Å². The number of carbonyl (C=O) groups is 1. The molecular weight excluding hydrogens is 281 g/mol. The van der Waals surface area contributed by atoms with Gasteiger partial charge in [-0.25, -0.2) is 4.98 Å². The number of nitrogens with one attached hydrogen (secondary N) is 2. The van der Waals surface area contributed by atoms with Crippen LogP contribution in [0.15, 0.2) is 12.3 Å². The lowest BCUT2D eigenvalue weighted by Crippen LogP contribution is -2.29. The highest BCUT2D eigenvalue weighted by molar-refractivity contribution is 5.81. The van der Waals surface area contributed by atoms with E-state index in [1.807, 2.05) is 0 Å². The minimum absolute atomic E-state index is 0.340. The van der Waals surface area contributed by atoms with Gasteiger partial charge in [-0.1, -0.05) is 0 Å². The second-order valence-corrected chi connectivity index (χ2v) is 3.65. The predicted octanol–water partition coefficient (Wildman–Crippen LogP) is 1.56. The molecule has 0 fully saturated rings. The van der Waals surface area contributed by atoms with Crippen LogP contribution in [0.2, 0.25) is 0 Å². The third-order valence-electron chi connectivity index (χ3n) is 2.18. The van der Waals surface area contributed by atoms with E-state index in [0.717, 1.165) is 0 Å². The first-order valence-corrected chi connectivity index (χ1v) is 5.48. The molecule has 1 heterocycles. The fourth-order valence-corrected chi connectivity index (χ4v) is 1.33. The molecule has 10 heteroatoms. The second kappa shape index (κ2) is 6.17. The van der Waals surface area contributed by atoms with Gasteiger partial charge in [0.15, 0.2) is 0 Å². The van der Waals surface area contributed by atoms with Gasteiger partial charge < -0.3 is 10.6 Å². The highest BCUT2D eigenvalue weighted by Gasteiger charge is 2.34. The van der Waals surface area contributed by atoms with Gasteiger partial charge in [0, 0.05) is 6.54 Å². The number of halogens is 3. The molecule has 0 atom stereocenters. The van der Waals surface area contributed by atoms with Crippen molar-refractivity contribution in [3.8, 4) is 0 Å². The molecule has 1 amide bonds. The molecule has 7 nitrogen and oxygen atoms in total. The average Bonchev–Trinajstić information content (AvgIpc) is 2.35. The van der Waals surface area contributed by atoms with Crippen LogP contribution < -0.4 is 10.6 Å². The molecule has 0 bridgehead atoms. The van der Waals surface area contributed by atoms with E-state index in [4.69, 9.17) is 0 Å². The number of hydrogen-bond donors (Lipinski definition) is 2. The fraction of sp³-hybridized carbons (Fsp3) is 0.400. The number of aromatic nitrogens is 1. The SMILES string of the molecule is CCNC(=O)CNc1cc(C(F)(F)F)ncc1[N+](=O)[O-]. The summed E-state index contributed by atoms with van der Waals surface area (Å²) in [6, 6.07) is 0.497. The normalized spacial score (nSPS) is 11.0. The number of amides is 1. The topological polar surface area (TPSA) is 97.2 Å². The number of nitro groups is 1.